The Morgan fingerprint density at radius 2 is 2.00 bits per heavy atom. The van der Waals surface area contributed by atoms with Crippen LogP contribution >= 0.6 is 11.6 Å². The molecule has 94 valence electrons. The number of benzene rings is 1. The van der Waals surface area contributed by atoms with Gasteiger partial charge in [-0.15, -0.1) is 0 Å². The zero-order valence-electron chi connectivity index (χ0n) is 10.5. The molecule has 0 amide bonds. The van der Waals surface area contributed by atoms with Crippen LogP contribution in [0.1, 0.15) is 50.5 Å². The van der Waals surface area contributed by atoms with Gasteiger partial charge in [-0.05, 0) is 49.3 Å². The fraction of sp³-hybridized carbons (Fsp3) is 0.600. The van der Waals surface area contributed by atoms with E-state index in [1.165, 1.54) is 37.7 Å². The molecule has 1 aliphatic carbocycles. The Hall–Kier alpha value is -0.530. The molecule has 3 atom stereocenters. The van der Waals surface area contributed by atoms with Crippen LogP contribution in [0.3, 0.4) is 0 Å². The lowest BCUT2D eigenvalue weighted by Gasteiger charge is -2.28. The molecule has 2 rings (SSSR count). The first-order valence-electron chi connectivity index (χ1n) is 6.69. The molecule has 1 nitrogen and oxygen atoms in total. The summed E-state index contributed by atoms with van der Waals surface area (Å²) in [6.07, 6.45) is 6.51. The standard InChI is InChI=1S/C15H22ClN/c1-11(17)14-8-3-2-4-9-15(14)12-6-5-7-13(16)10-12/h5-7,10-11,14-15H,2-4,8-9,17H2,1H3. The number of nitrogens with two attached hydrogens (primary N) is 1. The average Bonchev–Trinajstić information content (AvgIpc) is 2.54. The van der Waals surface area contributed by atoms with Gasteiger partial charge in [0.1, 0.15) is 0 Å². The molecule has 0 aliphatic heterocycles. The molecule has 0 spiro atoms. The summed E-state index contributed by atoms with van der Waals surface area (Å²) < 4.78 is 0. The second-order valence-corrected chi connectivity index (χ2v) is 5.76. The Balaban J connectivity index is 2.25. The highest BCUT2D eigenvalue weighted by Gasteiger charge is 2.27. The summed E-state index contributed by atoms with van der Waals surface area (Å²) in [4.78, 5) is 0. The van der Waals surface area contributed by atoms with Gasteiger partial charge in [-0.1, -0.05) is 43.0 Å². The maximum absolute atomic E-state index is 6.17. The zero-order valence-corrected chi connectivity index (χ0v) is 11.3. The third-order valence-corrected chi connectivity index (χ3v) is 4.26. The second-order valence-electron chi connectivity index (χ2n) is 5.32. The molecule has 2 N–H and O–H groups in total. The summed E-state index contributed by atoms with van der Waals surface area (Å²) >= 11 is 6.10. The minimum absolute atomic E-state index is 0.275. The highest BCUT2D eigenvalue weighted by molar-refractivity contribution is 6.30. The van der Waals surface area contributed by atoms with Crippen molar-refractivity contribution in [1.82, 2.24) is 0 Å². The highest BCUT2D eigenvalue weighted by Crippen LogP contribution is 2.38. The van der Waals surface area contributed by atoms with Crippen molar-refractivity contribution in [3.05, 3.63) is 34.9 Å². The molecule has 1 aromatic carbocycles. The quantitative estimate of drug-likeness (QED) is 0.777. The summed E-state index contributed by atoms with van der Waals surface area (Å²) in [5, 5.41) is 0.843. The monoisotopic (exact) mass is 251 g/mol. The molecule has 1 aromatic rings. The average molecular weight is 252 g/mol. The molecule has 0 saturated heterocycles. The molecule has 3 unspecified atom stereocenters. The first-order chi connectivity index (χ1) is 8.18. The van der Waals surface area contributed by atoms with Crippen molar-refractivity contribution in [3.8, 4) is 0 Å². The van der Waals surface area contributed by atoms with E-state index in [0.717, 1.165) is 5.02 Å². The van der Waals surface area contributed by atoms with Crippen molar-refractivity contribution in [3.63, 3.8) is 0 Å². The van der Waals surface area contributed by atoms with Crippen LogP contribution in [0, 0.1) is 5.92 Å². The van der Waals surface area contributed by atoms with Crippen molar-refractivity contribution in [2.75, 3.05) is 0 Å². The first-order valence-corrected chi connectivity index (χ1v) is 7.07. The van der Waals surface area contributed by atoms with Gasteiger partial charge < -0.3 is 5.73 Å². The van der Waals surface area contributed by atoms with Crippen LogP contribution in [0.2, 0.25) is 5.02 Å². The number of hydrogen-bond donors (Lipinski definition) is 1. The number of rotatable bonds is 2. The number of hydrogen-bond acceptors (Lipinski definition) is 1. The van der Waals surface area contributed by atoms with Crippen molar-refractivity contribution in [1.29, 1.82) is 0 Å². The van der Waals surface area contributed by atoms with Crippen LogP contribution in [0.25, 0.3) is 0 Å². The third kappa shape index (κ3) is 3.23. The van der Waals surface area contributed by atoms with Crippen LogP contribution in [0.15, 0.2) is 24.3 Å². The van der Waals surface area contributed by atoms with Crippen LogP contribution < -0.4 is 5.73 Å². The topological polar surface area (TPSA) is 26.0 Å². The maximum Gasteiger partial charge on any atom is 0.0408 e. The molecule has 0 bridgehead atoms. The van der Waals surface area contributed by atoms with E-state index in [-0.39, 0.29) is 6.04 Å². The summed E-state index contributed by atoms with van der Waals surface area (Å²) in [6.45, 7) is 2.15. The van der Waals surface area contributed by atoms with E-state index in [0.29, 0.717) is 11.8 Å². The maximum atomic E-state index is 6.17. The molecular weight excluding hydrogens is 230 g/mol. The lowest BCUT2D eigenvalue weighted by Crippen LogP contribution is -2.31. The molecule has 1 saturated carbocycles. The SMILES string of the molecule is CC(N)C1CCCCCC1c1cccc(Cl)c1. The van der Waals surface area contributed by atoms with Crippen molar-refractivity contribution < 1.29 is 0 Å². The van der Waals surface area contributed by atoms with E-state index in [4.69, 9.17) is 17.3 Å². The Labute approximate surface area is 109 Å². The van der Waals surface area contributed by atoms with Gasteiger partial charge in [-0.3, -0.25) is 0 Å². The van der Waals surface area contributed by atoms with Crippen LogP contribution in [-0.2, 0) is 0 Å². The largest absolute Gasteiger partial charge is 0.328 e. The van der Waals surface area contributed by atoms with Crippen molar-refractivity contribution >= 4 is 11.6 Å². The highest BCUT2D eigenvalue weighted by atomic mass is 35.5. The first kappa shape index (κ1) is 12.9. The van der Waals surface area contributed by atoms with E-state index < -0.39 is 0 Å². The molecule has 2 heteroatoms. The van der Waals surface area contributed by atoms with Gasteiger partial charge in [0, 0.05) is 11.1 Å². The summed E-state index contributed by atoms with van der Waals surface area (Å²) in [7, 11) is 0. The van der Waals surface area contributed by atoms with E-state index in [1.54, 1.807) is 0 Å². The van der Waals surface area contributed by atoms with Crippen LogP contribution in [-0.4, -0.2) is 6.04 Å². The van der Waals surface area contributed by atoms with Gasteiger partial charge in [0.05, 0.1) is 0 Å². The summed E-state index contributed by atoms with van der Waals surface area (Å²) in [5.41, 5.74) is 7.55. The Bertz CT molecular complexity index is 362. The summed E-state index contributed by atoms with van der Waals surface area (Å²) in [5.74, 6) is 1.20. The van der Waals surface area contributed by atoms with Crippen LogP contribution in [0.4, 0.5) is 0 Å². The zero-order chi connectivity index (χ0) is 12.3. The molecule has 1 fully saturated rings. The van der Waals surface area contributed by atoms with Crippen molar-refractivity contribution in [2.45, 2.75) is 51.0 Å². The number of halogens is 1. The van der Waals surface area contributed by atoms with E-state index in [2.05, 4.69) is 25.1 Å². The lowest BCUT2D eigenvalue weighted by molar-refractivity contribution is 0.345. The molecule has 0 radical (unpaired) electrons. The van der Waals surface area contributed by atoms with E-state index in [1.807, 2.05) is 6.07 Å². The van der Waals surface area contributed by atoms with Gasteiger partial charge in [0.2, 0.25) is 0 Å². The van der Waals surface area contributed by atoms with Gasteiger partial charge in [-0.25, -0.2) is 0 Å². The predicted molar refractivity (Wildman–Crippen MR) is 74.4 cm³/mol. The Morgan fingerprint density at radius 3 is 2.71 bits per heavy atom. The minimum Gasteiger partial charge on any atom is -0.328 e. The van der Waals surface area contributed by atoms with E-state index in [9.17, 15) is 0 Å². The summed E-state index contributed by atoms with van der Waals surface area (Å²) in [6, 6.07) is 8.60. The molecule has 0 heterocycles. The van der Waals surface area contributed by atoms with Gasteiger partial charge in [0.25, 0.3) is 0 Å². The molecule has 17 heavy (non-hydrogen) atoms. The predicted octanol–water partition coefficient (Wildman–Crippen LogP) is 4.35. The van der Waals surface area contributed by atoms with Gasteiger partial charge >= 0.3 is 0 Å². The van der Waals surface area contributed by atoms with Crippen LogP contribution in [0.5, 0.6) is 0 Å². The molecular formula is C15H22ClN. The lowest BCUT2D eigenvalue weighted by atomic mass is 9.79. The fourth-order valence-corrected chi connectivity index (χ4v) is 3.32. The Kier molecular flexibility index (Phi) is 4.47. The van der Waals surface area contributed by atoms with E-state index >= 15 is 0 Å². The smallest absolute Gasteiger partial charge is 0.0408 e. The second kappa shape index (κ2) is 5.88. The van der Waals surface area contributed by atoms with Crippen molar-refractivity contribution in [2.24, 2.45) is 11.7 Å². The normalized spacial score (nSPS) is 27.5. The molecule has 0 aromatic heterocycles. The third-order valence-electron chi connectivity index (χ3n) is 4.02. The Morgan fingerprint density at radius 1 is 1.24 bits per heavy atom. The fourth-order valence-electron chi connectivity index (χ4n) is 3.12. The minimum atomic E-state index is 0.275. The van der Waals surface area contributed by atoms with Gasteiger partial charge in [0.15, 0.2) is 0 Å². The van der Waals surface area contributed by atoms with Gasteiger partial charge in [-0.2, -0.15) is 0 Å². The molecule has 1 aliphatic rings.